The second kappa shape index (κ2) is 3.86. The molecule has 0 spiro atoms. The third kappa shape index (κ3) is 2.32. The predicted molar refractivity (Wildman–Crippen MR) is 48.1 cm³/mol. The lowest BCUT2D eigenvalue weighted by Crippen LogP contribution is -2.06. The number of hydrogen-bond donors (Lipinski definition) is 0. The van der Waals surface area contributed by atoms with Crippen molar-refractivity contribution in [3.05, 3.63) is 37.9 Å². The van der Waals surface area contributed by atoms with Crippen molar-refractivity contribution in [2.45, 2.75) is 6.18 Å². The van der Waals surface area contributed by atoms with Gasteiger partial charge in [0.25, 0.3) is 5.69 Å². The zero-order valence-electron chi connectivity index (χ0n) is 6.81. The van der Waals surface area contributed by atoms with Crippen LogP contribution in [0.25, 0.3) is 0 Å². The maximum Gasteiger partial charge on any atom is 0.417 e. The van der Waals surface area contributed by atoms with Crippen molar-refractivity contribution in [3.63, 3.8) is 0 Å². The minimum atomic E-state index is -4.68. The molecule has 0 aliphatic heterocycles. The molecule has 3 nitrogen and oxygen atoms in total. The summed E-state index contributed by atoms with van der Waals surface area (Å²) in [4.78, 5) is 9.41. The molecule has 0 atom stereocenters. The number of nitrogens with zero attached hydrogens (tertiary/aromatic N) is 1. The number of alkyl halides is 3. The Morgan fingerprint density at radius 3 is 2.13 bits per heavy atom. The Bertz CT molecular complexity index is 419. The average Bonchev–Trinajstić information content (AvgIpc) is 2.06. The summed E-state index contributed by atoms with van der Waals surface area (Å²) in [6.07, 6.45) is -4.68. The fourth-order valence-corrected chi connectivity index (χ4v) is 1.40. The van der Waals surface area contributed by atoms with Crippen molar-refractivity contribution >= 4 is 28.9 Å². The van der Waals surface area contributed by atoms with E-state index in [2.05, 4.69) is 0 Å². The zero-order chi connectivity index (χ0) is 11.8. The van der Waals surface area contributed by atoms with Crippen LogP contribution in [-0.2, 0) is 6.18 Å². The summed E-state index contributed by atoms with van der Waals surface area (Å²) in [6.45, 7) is 0. The minimum absolute atomic E-state index is 0.520. The zero-order valence-corrected chi connectivity index (χ0v) is 8.32. The quantitative estimate of drug-likeness (QED) is 0.567. The molecule has 1 aromatic rings. The molecule has 0 heterocycles. The Labute approximate surface area is 91.6 Å². The summed E-state index contributed by atoms with van der Waals surface area (Å²) in [6, 6.07) is 1.18. The van der Waals surface area contributed by atoms with Crippen LogP contribution in [-0.4, -0.2) is 4.92 Å². The first-order valence-electron chi connectivity index (χ1n) is 3.44. The smallest absolute Gasteiger partial charge is 0.258 e. The van der Waals surface area contributed by atoms with E-state index >= 15 is 0 Å². The van der Waals surface area contributed by atoms with Gasteiger partial charge in [-0.15, -0.1) is 0 Å². The molecule has 15 heavy (non-hydrogen) atoms. The molecule has 0 bridgehead atoms. The SMILES string of the molecule is O=[N+]([O-])c1ccc(C(F)(F)F)c(Cl)c1Cl. The van der Waals surface area contributed by atoms with Gasteiger partial charge < -0.3 is 0 Å². The molecular formula is C7H2Cl2F3NO2. The summed E-state index contributed by atoms with van der Waals surface area (Å²) in [7, 11) is 0. The van der Waals surface area contributed by atoms with E-state index in [1.165, 1.54) is 0 Å². The first-order chi connectivity index (χ1) is 6.75. The van der Waals surface area contributed by atoms with E-state index < -0.39 is 32.4 Å². The van der Waals surface area contributed by atoms with Crippen molar-refractivity contribution in [1.82, 2.24) is 0 Å². The van der Waals surface area contributed by atoms with Crippen LogP contribution in [0, 0.1) is 10.1 Å². The maximum absolute atomic E-state index is 12.2. The molecular weight excluding hydrogens is 258 g/mol. The maximum atomic E-state index is 12.2. The van der Waals surface area contributed by atoms with Crippen molar-refractivity contribution < 1.29 is 18.1 Å². The minimum Gasteiger partial charge on any atom is -0.258 e. The summed E-state index contributed by atoms with van der Waals surface area (Å²) in [5, 5.41) is 8.74. The Morgan fingerprint density at radius 2 is 1.73 bits per heavy atom. The van der Waals surface area contributed by atoms with Gasteiger partial charge in [-0.1, -0.05) is 23.2 Å². The molecule has 8 heteroatoms. The van der Waals surface area contributed by atoms with Crippen molar-refractivity contribution in [2.75, 3.05) is 0 Å². The molecule has 82 valence electrons. The van der Waals surface area contributed by atoms with E-state index in [0.29, 0.717) is 12.1 Å². The van der Waals surface area contributed by atoms with Crippen LogP contribution in [0.1, 0.15) is 5.56 Å². The number of hydrogen-bond acceptors (Lipinski definition) is 2. The number of nitro groups is 1. The molecule has 1 rings (SSSR count). The first-order valence-corrected chi connectivity index (χ1v) is 4.20. The molecule has 0 amide bonds. The lowest BCUT2D eigenvalue weighted by atomic mass is 10.2. The average molecular weight is 260 g/mol. The van der Waals surface area contributed by atoms with Crippen molar-refractivity contribution in [3.8, 4) is 0 Å². The number of rotatable bonds is 1. The number of halogens is 5. The molecule has 0 aromatic heterocycles. The van der Waals surface area contributed by atoms with Crippen LogP contribution in [0.4, 0.5) is 18.9 Å². The fraction of sp³-hybridized carbons (Fsp3) is 0.143. The van der Waals surface area contributed by atoms with Crippen LogP contribution in [0.5, 0.6) is 0 Å². The summed E-state index contributed by atoms with van der Waals surface area (Å²) >= 11 is 10.6. The summed E-state index contributed by atoms with van der Waals surface area (Å²) < 4.78 is 36.7. The van der Waals surface area contributed by atoms with Gasteiger partial charge in [-0.05, 0) is 6.07 Å². The number of nitro benzene ring substituents is 1. The largest absolute Gasteiger partial charge is 0.417 e. The first kappa shape index (κ1) is 12.1. The Hall–Kier alpha value is -1.01. The Kier molecular flexibility index (Phi) is 3.11. The highest BCUT2D eigenvalue weighted by molar-refractivity contribution is 6.43. The van der Waals surface area contributed by atoms with E-state index in [4.69, 9.17) is 23.2 Å². The third-order valence-electron chi connectivity index (χ3n) is 1.56. The normalized spacial score (nSPS) is 11.5. The molecule has 0 aliphatic carbocycles. The second-order valence-corrected chi connectivity index (χ2v) is 3.27. The lowest BCUT2D eigenvalue weighted by molar-refractivity contribution is -0.384. The van der Waals surface area contributed by atoms with E-state index in [-0.39, 0.29) is 0 Å². The van der Waals surface area contributed by atoms with E-state index in [9.17, 15) is 23.3 Å². The molecule has 0 fully saturated rings. The highest BCUT2D eigenvalue weighted by Gasteiger charge is 2.35. The molecule has 0 aliphatic rings. The van der Waals surface area contributed by atoms with Crippen LogP contribution >= 0.6 is 23.2 Å². The Morgan fingerprint density at radius 1 is 1.20 bits per heavy atom. The van der Waals surface area contributed by atoms with Crippen molar-refractivity contribution in [2.24, 2.45) is 0 Å². The van der Waals surface area contributed by atoms with Gasteiger partial charge in [0.15, 0.2) is 0 Å². The van der Waals surface area contributed by atoms with Crippen molar-refractivity contribution in [1.29, 1.82) is 0 Å². The highest BCUT2D eigenvalue weighted by atomic mass is 35.5. The summed E-state index contributed by atoms with van der Waals surface area (Å²) in [5.41, 5.74) is -1.85. The molecule has 0 unspecified atom stereocenters. The molecule has 0 radical (unpaired) electrons. The predicted octanol–water partition coefficient (Wildman–Crippen LogP) is 3.92. The van der Waals surface area contributed by atoms with Gasteiger partial charge in [0.1, 0.15) is 5.02 Å². The van der Waals surface area contributed by atoms with Gasteiger partial charge >= 0.3 is 6.18 Å². The van der Waals surface area contributed by atoms with Gasteiger partial charge in [-0.25, -0.2) is 0 Å². The van der Waals surface area contributed by atoms with Crippen LogP contribution in [0.15, 0.2) is 12.1 Å². The van der Waals surface area contributed by atoms with Crippen LogP contribution in [0.2, 0.25) is 10.0 Å². The number of benzene rings is 1. The lowest BCUT2D eigenvalue weighted by Gasteiger charge is -2.09. The van der Waals surface area contributed by atoms with Gasteiger partial charge in [-0.3, -0.25) is 10.1 Å². The van der Waals surface area contributed by atoms with Gasteiger partial charge in [-0.2, -0.15) is 13.2 Å². The van der Waals surface area contributed by atoms with Crippen LogP contribution in [0.3, 0.4) is 0 Å². The van der Waals surface area contributed by atoms with Gasteiger partial charge in [0.05, 0.1) is 15.5 Å². The molecule has 0 saturated carbocycles. The topological polar surface area (TPSA) is 43.1 Å². The third-order valence-corrected chi connectivity index (χ3v) is 2.44. The molecule has 0 N–H and O–H groups in total. The van der Waals surface area contributed by atoms with E-state index in [1.54, 1.807) is 0 Å². The van der Waals surface area contributed by atoms with Crippen LogP contribution < -0.4 is 0 Å². The van der Waals surface area contributed by atoms with Gasteiger partial charge in [0, 0.05) is 6.07 Å². The monoisotopic (exact) mass is 259 g/mol. The molecule has 0 saturated heterocycles. The molecule has 1 aromatic carbocycles. The Balaban J connectivity index is 3.41. The van der Waals surface area contributed by atoms with E-state index in [1.807, 2.05) is 0 Å². The standard InChI is InChI=1S/C7H2Cl2F3NO2/c8-5-3(7(10,11)12)1-2-4(6(5)9)13(14)15/h1-2H. The van der Waals surface area contributed by atoms with E-state index in [0.717, 1.165) is 0 Å². The fourth-order valence-electron chi connectivity index (χ4n) is 0.899. The highest BCUT2D eigenvalue weighted by Crippen LogP contribution is 2.41. The summed E-state index contributed by atoms with van der Waals surface area (Å²) in [5.74, 6) is 0. The second-order valence-electron chi connectivity index (χ2n) is 2.52. The van der Waals surface area contributed by atoms with Gasteiger partial charge in [0.2, 0.25) is 0 Å².